The van der Waals surface area contributed by atoms with Crippen LogP contribution in [0, 0.1) is 0 Å². The normalized spacial score (nSPS) is 17.9. The van der Waals surface area contributed by atoms with Crippen molar-refractivity contribution in [1.82, 2.24) is 20.2 Å². The Kier molecular flexibility index (Phi) is 3.95. The summed E-state index contributed by atoms with van der Waals surface area (Å²) in [7, 11) is 0. The van der Waals surface area contributed by atoms with Gasteiger partial charge in [-0.15, -0.1) is 0 Å². The molecule has 5 nitrogen and oxygen atoms in total. The van der Waals surface area contributed by atoms with Crippen molar-refractivity contribution in [1.29, 1.82) is 0 Å². The average Bonchev–Trinajstić information content (AvgIpc) is 3.15. The van der Waals surface area contributed by atoms with Crippen molar-refractivity contribution in [2.75, 3.05) is 19.6 Å². The van der Waals surface area contributed by atoms with E-state index in [0.717, 1.165) is 37.6 Å². The lowest BCUT2D eigenvalue weighted by Gasteiger charge is -2.26. The van der Waals surface area contributed by atoms with Crippen LogP contribution in [0.5, 0.6) is 0 Å². The summed E-state index contributed by atoms with van der Waals surface area (Å²) in [6.07, 6.45) is 7.90. The molecule has 1 fully saturated rings. The summed E-state index contributed by atoms with van der Waals surface area (Å²) in [5.41, 5.74) is 1.11. The van der Waals surface area contributed by atoms with E-state index in [-0.39, 0.29) is 0 Å². The number of likely N-dealkylation sites (tertiary alicyclic amines) is 1. The molecule has 3 heterocycles. The summed E-state index contributed by atoms with van der Waals surface area (Å²) < 4.78 is 5.59. The van der Waals surface area contributed by atoms with Crippen LogP contribution >= 0.6 is 0 Å². The van der Waals surface area contributed by atoms with Gasteiger partial charge in [-0.25, -0.2) is 4.98 Å². The number of nitrogens with zero attached hydrogens (tertiary/aromatic N) is 2. The van der Waals surface area contributed by atoms with Crippen LogP contribution in [0.3, 0.4) is 0 Å². The van der Waals surface area contributed by atoms with Crippen LogP contribution in [0.15, 0.2) is 35.3 Å². The number of aromatic nitrogens is 2. The fourth-order valence-electron chi connectivity index (χ4n) is 2.67. The lowest BCUT2D eigenvalue weighted by molar-refractivity contribution is 0.209. The van der Waals surface area contributed by atoms with Crippen molar-refractivity contribution >= 4 is 0 Å². The van der Waals surface area contributed by atoms with Gasteiger partial charge in [-0.2, -0.15) is 0 Å². The smallest absolute Gasteiger partial charge is 0.122 e. The number of imidazole rings is 1. The van der Waals surface area contributed by atoms with E-state index < -0.39 is 0 Å². The molecule has 0 radical (unpaired) electrons. The third-order valence-electron chi connectivity index (χ3n) is 3.66. The van der Waals surface area contributed by atoms with Gasteiger partial charge < -0.3 is 14.7 Å². The number of furan rings is 1. The molecule has 0 spiro atoms. The van der Waals surface area contributed by atoms with E-state index in [9.17, 15) is 0 Å². The monoisotopic (exact) mass is 260 g/mol. The van der Waals surface area contributed by atoms with Gasteiger partial charge in [0.2, 0.25) is 0 Å². The average molecular weight is 260 g/mol. The first kappa shape index (κ1) is 12.4. The second kappa shape index (κ2) is 6.04. The highest BCUT2D eigenvalue weighted by atomic mass is 16.3. The summed E-state index contributed by atoms with van der Waals surface area (Å²) >= 11 is 0. The Morgan fingerprint density at radius 2 is 2.32 bits per heavy atom. The van der Waals surface area contributed by atoms with E-state index in [2.05, 4.69) is 26.3 Å². The maximum atomic E-state index is 5.59. The van der Waals surface area contributed by atoms with E-state index in [1.54, 1.807) is 12.6 Å². The van der Waals surface area contributed by atoms with Crippen LogP contribution in [-0.2, 0) is 6.54 Å². The van der Waals surface area contributed by atoms with E-state index >= 15 is 0 Å². The minimum atomic E-state index is 0.334. The summed E-state index contributed by atoms with van der Waals surface area (Å²) in [6, 6.07) is 4.37. The molecular formula is C14H20N4O. The van der Waals surface area contributed by atoms with Crippen molar-refractivity contribution in [3.05, 3.63) is 42.4 Å². The third kappa shape index (κ3) is 3.05. The zero-order chi connectivity index (χ0) is 12.9. The topological polar surface area (TPSA) is 57.1 Å². The maximum absolute atomic E-state index is 5.59. The molecule has 1 unspecified atom stereocenters. The van der Waals surface area contributed by atoms with Gasteiger partial charge in [-0.3, -0.25) is 4.90 Å². The first-order valence-electron chi connectivity index (χ1n) is 6.89. The van der Waals surface area contributed by atoms with Gasteiger partial charge in [0, 0.05) is 25.0 Å². The lowest BCUT2D eigenvalue weighted by Crippen LogP contribution is -2.33. The molecule has 1 aliphatic rings. The van der Waals surface area contributed by atoms with Crippen molar-refractivity contribution in [2.24, 2.45) is 0 Å². The Labute approximate surface area is 113 Å². The highest BCUT2D eigenvalue weighted by Crippen LogP contribution is 2.24. The number of hydrogen-bond acceptors (Lipinski definition) is 4. The SMILES string of the molecule is c1coc(C(CNCc2cnc[nH]2)N2CCCC2)c1. The second-order valence-corrected chi connectivity index (χ2v) is 4.98. The Balaban J connectivity index is 1.59. The quantitative estimate of drug-likeness (QED) is 0.833. The molecule has 2 aromatic rings. The molecule has 0 saturated carbocycles. The van der Waals surface area contributed by atoms with Crippen molar-refractivity contribution in [3.8, 4) is 0 Å². The number of nitrogens with one attached hydrogen (secondary N) is 2. The molecule has 5 heteroatoms. The highest BCUT2D eigenvalue weighted by Gasteiger charge is 2.24. The fraction of sp³-hybridized carbons (Fsp3) is 0.500. The van der Waals surface area contributed by atoms with Crippen LogP contribution in [0.4, 0.5) is 0 Å². The van der Waals surface area contributed by atoms with Crippen LogP contribution in [0.25, 0.3) is 0 Å². The van der Waals surface area contributed by atoms with Crippen molar-refractivity contribution in [3.63, 3.8) is 0 Å². The molecule has 19 heavy (non-hydrogen) atoms. The molecule has 2 N–H and O–H groups in total. The number of hydrogen-bond donors (Lipinski definition) is 2. The molecule has 102 valence electrons. The van der Waals surface area contributed by atoms with Gasteiger partial charge in [0.05, 0.1) is 18.6 Å². The highest BCUT2D eigenvalue weighted by molar-refractivity contribution is 5.06. The minimum Gasteiger partial charge on any atom is -0.468 e. The second-order valence-electron chi connectivity index (χ2n) is 4.98. The summed E-state index contributed by atoms with van der Waals surface area (Å²) in [4.78, 5) is 9.63. The van der Waals surface area contributed by atoms with Gasteiger partial charge >= 0.3 is 0 Å². The van der Waals surface area contributed by atoms with Crippen LogP contribution < -0.4 is 5.32 Å². The molecule has 1 aliphatic heterocycles. The van der Waals surface area contributed by atoms with Gasteiger partial charge in [0.25, 0.3) is 0 Å². The standard InChI is InChI=1S/C14H20N4O/c1-2-6-18(5-1)13(14-4-3-7-19-14)10-15-8-12-9-16-11-17-12/h3-4,7,9,11,13,15H,1-2,5-6,8,10H2,(H,16,17). The molecule has 0 aromatic carbocycles. The zero-order valence-corrected chi connectivity index (χ0v) is 11.0. The predicted octanol–water partition coefficient (Wildman–Crippen LogP) is 1.93. The molecule has 0 amide bonds. The largest absolute Gasteiger partial charge is 0.468 e. The first-order valence-corrected chi connectivity index (χ1v) is 6.89. The predicted molar refractivity (Wildman–Crippen MR) is 72.6 cm³/mol. The summed E-state index contributed by atoms with van der Waals surface area (Å²) in [5, 5.41) is 3.48. The molecular weight excluding hydrogens is 240 g/mol. The van der Waals surface area contributed by atoms with Gasteiger partial charge in [-0.1, -0.05) is 0 Å². The fourth-order valence-corrected chi connectivity index (χ4v) is 2.67. The molecule has 1 saturated heterocycles. The van der Waals surface area contributed by atoms with E-state index in [0.29, 0.717) is 6.04 Å². The maximum Gasteiger partial charge on any atom is 0.122 e. The molecule has 0 bridgehead atoms. The Morgan fingerprint density at radius 3 is 3.00 bits per heavy atom. The third-order valence-corrected chi connectivity index (χ3v) is 3.66. The van der Waals surface area contributed by atoms with Crippen LogP contribution in [-0.4, -0.2) is 34.5 Å². The van der Waals surface area contributed by atoms with Crippen LogP contribution in [0.2, 0.25) is 0 Å². The van der Waals surface area contributed by atoms with Gasteiger partial charge in [0.15, 0.2) is 0 Å². The molecule has 0 aliphatic carbocycles. The van der Waals surface area contributed by atoms with Crippen LogP contribution in [0.1, 0.15) is 30.3 Å². The van der Waals surface area contributed by atoms with E-state index in [4.69, 9.17) is 4.42 Å². The number of H-pyrrole nitrogens is 1. The van der Waals surface area contributed by atoms with E-state index in [1.807, 2.05) is 12.3 Å². The van der Waals surface area contributed by atoms with E-state index in [1.165, 1.54) is 12.8 Å². The van der Waals surface area contributed by atoms with Gasteiger partial charge in [-0.05, 0) is 38.1 Å². The van der Waals surface area contributed by atoms with Gasteiger partial charge in [0.1, 0.15) is 5.76 Å². The van der Waals surface area contributed by atoms with Crippen molar-refractivity contribution in [2.45, 2.75) is 25.4 Å². The first-order chi connectivity index (χ1) is 9.43. The minimum absolute atomic E-state index is 0.334. The summed E-state index contributed by atoms with van der Waals surface area (Å²) in [5.74, 6) is 1.05. The Hall–Kier alpha value is -1.59. The molecule has 2 aromatic heterocycles. The summed E-state index contributed by atoms with van der Waals surface area (Å²) in [6.45, 7) is 4.03. The molecule has 1 atom stereocenters. The number of rotatable bonds is 6. The Bertz CT molecular complexity index is 460. The van der Waals surface area contributed by atoms with Crippen molar-refractivity contribution < 1.29 is 4.42 Å². The molecule has 3 rings (SSSR count). The number of aromatic amines is 1. The zero-order valence-electron chi connectivity index (χ0n) is 11.0. The lowest BCUT2D eigenvalue weighted by atomic mass is 10.2. The Morgan fingerprint density at radius 1 is 1.42 bits per heavy atom.